The highest BCUT2D eigenvalue weighted by atomic mass is 16.6. The zero-order chi connectivity index (χ0) is 19.3. The number of esters is 1. The lowest BCUT2D eigenvalue weighted by atomic mass is 10.1. The molecular formula is C21H23NO6. The summed E-state index contributed by atoms with van der Waals surface area (Å²) in [5, 5.41) is 0. The summed E-state index contributed by atoms with van der Waals surface area (Å²) in [4.78, 5) is 13.9. The summed E-state index contributed by atoms with van der Waals surface area (Å²) in [5.41, 5.74) is 2.07. The Kier molecular flexibility index (Phi) is 5.53. The van der Waals surface area contributed by atoms with E-state index in [1.54, 1.807) is 0 Å². The van der Waals surface area contributed by atoms with Crippen LogP contribution in [0.3, 0.4) is 0 Å². The highest BCUT2D eigenvalue weighted by Crippen LogP contribution is 2.33. The molecule has 28 heavy (non-hydrogen) atoms. The Balaban J connectivity index is 1.51. The monoisotopic (exact) mass is 385 g/mol. The Morgan fingerprint density at radius 3 is 1.75 bits per heavy atom. The zero-order valence-electron chi connectivity index (χ0n) is 15.8. The molecule has 0 bridgehead atoms. The van der Waals surface area contributed by atoms with E-state index in [1.165, 1.54) is 7.11 Å². The molecule has 0 amide bonds. The first kappa shape index (κ1) is 18.4. The molecule has 0 radical (unpaired) electrons. The van der Waals surface area contributed by atoms with Gasteiger partial charge >= 0.3 is 5.97 Å². The molecule has 0 saturated carbocycles. The molecule has 7 nitrogen and oxygen atoms in total. The van der Waals surface area contributed by atoms with E-state index in [1.807, 2.05) is 41.3 Å². The summed E-state index contributed by atoms with van der Waals surface area (Å²) >= 11 is 0. The fourth-order valence-electron chi connectivity index (χ4n) is 3.30. The van der Waals surface area contributed by atoms with Crippen molar-refractivity contribution in [2.24, 2.45) is 0 Å². The minimum atomic E-state index is -0.282. The van der Waals surface area contributed by atoms with Crippen molar-refractivity contribution in [1.82, 2.24) is 4.90 Å². The number of nitrogens with zero attached hydrogens (tertiary/aromatic N) is 1. The Bertz CT molecular complexity index is 791. The lowest BCUT2D eigenvalue weighted by Gasteiger charge is -2.24. The van der Waals surface area contributed by atoms with Crippen LogP contribution in [0.15, 0.2) is 36.4 Å². The molecule has 0 saturated heterocycles. The van der Waals surface area contributed by atoms with Crippen LogP contribution in [0.1, 0.15) is 11.1 Å². The number of carbonyl (C=O) groups excluding carboxylic acids is 1. The molecular weight excluding hydrogens is 362 g/mol. The van der Waals surface area contributed by atoms with Gasteiger partial charge in [-0.25, -0.2) is 0 Å². The molecule has 0 atom stereocenters. The van der Waals surface area contributed by atoms with Crippen LogP contribution in [0.25, 0.3) is 0 Å². The lowest BCUT2D eigenvalue weighted by molar-refractivity contribution is -0.142. The molecule has 2 aromatic rings. The van der Waals surface area contributed by atoms with Crippen LogP contribution in [-0.2, 0) is 22.6 Å². The molecule has 0 fully saturated rings. The number of benzene rings is 2. The second-order valence-electron chi connectivity index (χ2n) is 6.68. The minimum absolute atomic E-state index is 0.180. The summed E-state index contributed by atoms with van der Waals surface area (Å²) < 4.78 is 27.3. The second-order valence-corrected chi connectivity index (χ2v) is 6.68. The van der Waals surface area contributed by atoms with Crippen molar-refractivity contribution in [2.45, 2.75) is 13.1 Å². The van der Waals surface area contributed by atoms with E-state index in [-0.39, 0.29) is 12.5 Å². The average Bonchev–Trinajstić information content (AvgIpc) is 2.73. The van der Waals surface area contributed by atoms with Crippen molar-refractivity contribution in [2.75, 3.05) is 40.1 Å². The zero-order valence-corrected chi connectivity index (χ0v) is 15.8. The largest absolute Gasteiger partial charge is 0.486 e. The van der Waals surface area contributed by atoms with Crippen LogP contribution in [0.5, 0.6) is 23.0 Å². The molecule has 7 heteroatoms. The van der Waals surface area contributed by atoms with Gasteiger partial charge in [0.15, 0.2) is 23.0 Å². The van der Waals surface area contributed by atoms with Crippen molar-refractivity contribution in [1.29, 1.82) is 0 Å². The fraction of sp³-hybridized carbons (Fsp3) is 0.381. The van der Waals surface area contributed by atoms with Gasteiger partial charge in [-0.2, -0.15) is 0 Å². The molecule has 148 valence electrons. The van der Waals surface area contributed by atoms with Gasteiger partial charge in [0.1, 0.15) is 26.4 Å². The van der Waals surface area contributed by atoms with Crippen LogP contribution in [-0.4, -0.2) is 51.0 Å². The summed E-state index contributed by atoms with van der Waals surface area (Å²) in [7, 11) is 1.40. The lowest BCUT2D eigenvalue weighted by Crippen LogP contribution is -2.30. The number of hydrogen-bond acceptors (Lipinski definition) is 7. The second kappa shape index (κ2) is 8.39. The Hall–Kier alpha value is -2.93. The highest BCUT2D eigenvalue weighted by Gasteiger charge is 2.18. The number of hydrogen-bond donors (Lipinski definition) is 0. The average molecular weight is 385 g/mol. The van der Waals surface area contributed by atoms with Crippen LogP contribution >= 0.6 is 0 Å². The first-order valence-electron chi connectivity index (χ1n) is 9.27. The van der Waals surface area contributed by atoms with Crippen molar-refractivity contribution in [3.63, 3.8) is 0 Å². The molecule has 2 aromatic carbocycles. The molecule has 0 unspecified atom stereocenters. The van der Waals surface area contributed by atoms with Gasteiger partial charge in [-0.1, -0.05) is 12.1 Å². The van der Waals surface area contributed by atoms with Crippen LogP contribution in [0.2, 0.25) is 0 Å². The van der Waals surface area contributed by atoms with Crippen molar-refractivity contribution in [3.8, 4) is 23.0 Å². The molecule has 2 aliphatic rings. The maximum atomic E-state index is 11.9. The third kappa shape index (κ3) is 4.31. The van der Waals surface area contributed by atoms with E-state index in [9.17, 15) is 4.79 Å². The predicted molar refractivity (Wildman–Crippen MR) is 101 cm³/mol. The summed E-state index contributed by atoms with van der Waals surface area (Å²) in [6.45, 7) is 3.52. The van der Waals surface area contributed by atoms with Gasteiger partial charge in [-0.3, -0.25) is 9.69 Å². The van der Waals surface area contributed by atoms with Crippen molar-refractivity contribution in [3.05, 3.63) is 47.5 Å². The summed E-state index contributed by atoms with van der Waals surface area (Å²) in [5.74, 6) is 2.69. The van der Waals surface area contributed by atoms with E-state index in [0.717, 1.165) is 34.1 Å². The molecule has 0 aromatic heterocycles. The SMILES string of the molecule is COC(=O)CN(Cc1ccc2c(c1)OCCO2)Cc1ccc2c(c1)OCCO2. The molecule has 4 rings (SSSR count). The fourth-order valence-corrected chi connectivity index (χ4v) is 3.30. The van der Waals surface area contributed by atoms with E-state index in [4.69, 9.17) is 23.7 Å². The van der Waals surface area contributed by atoms with Gasteiger partial charge < -0.3 is 23.7 Å². The van der Waals surface area contributed by atoms with E-state index >= 15 is 0 Å². The first-order chi connectivity index (χ1) is 13.7. The summed E-state index contributed by atoms with van der Waals surface area (Å²) in [6.07, 6.45) is 0. The number of ether oxygens (including phenoxy) is 5. The van der Waals surface area contributed by atoms with Crippen molar-refractivity contribution < 1.29 is 28.5 Å². The van der Waals surface area contributed by atoms with Gasteiger partial charge in [0, 0.05) is 13.1 Å². The normalized spacial score (nSPS) is 14.6. The topological polar surface area (TPSA) is 66.5 Å². The minimum Gasteiger partial charge on any atom is -0.486 e. The van der Waals surface area contributed by atoms with Gasteiger partial charge in [0.05, 0.1) is 13.7 Å². The number of methoxy groups -OCH3 is 1. The Morgan fingerprint density at radius 1 is 0.821 bits per heavy atom. The number of carbonyl (C=O) groups is 1. The van der Waals surface area contributed by atoms with E-state index < -0.39 is 0 Å². The molecule has 0 spiro atoms. The maximum absolute atomic E-state index is 11.9. The standard InChI is InChI=1S/C21H23NO6/c1-24-21(23)14-22(12-15-2-4-17-19(10-15)27-8-6-25-17)13-16-3-5-18-20(11-16)28-9-7-26-18/h2-5,10-11H,6-9,12-14H2,1H3. The smallest absolute Gasteiger partial charge is 0.319 e. The van der Waals surface area contributed by atoms with Gasteiger partial charge in [-0.05, 0) is 35.4 Å². The van der Waals surface area contributed by atoms with E-state index in [2.05, 4.69) is 0 Å². The molecule has 2 aliphatic heterocycles. The Labute approximate surface area is 163 Å². The van der Waals surface area contributed by atoms with Gasteiger partial charge in [-0.15, -0.1) is 0 Å². The van der Waals surface area contributed by atoms with Gasteiger partial charge in [0.2, 0.25) is 0 Å². The van der Waals surface area contributed by atoms with Crippen LogP contribution < -0.4 is 18.9 Å². The predicted octanol–water partition coefficient (Wildman–Crippen LogP) is 2.40. The Morgan fingerprint density at radius 2 is 1.29 bits per heavy atom. The third-order valence-corrected chi connectivity index (χ3v) is 4.61. The number of rotatable bonds is 6. The first-order valence-corrected chi connectivity index (χ1v) is 9.27. The molecule has 0 N–H and O–H groups in total. The highest BCUT2D eigenvalue weighted by molar-refractivity contribution is 5.71. The van der Waals surface area contributed by atoms with E-state index in [0.29, 0.717) is 39.5 Å². The third-order valence-electron chi connectivity index (χ3n) is 4.61. The summed E-state index contributed by atoms with van der Waals surface area (Å²) in [6, 6.07) is 11.7. The molecule has 0 aliphatic carbocycles. The van der Waals surface area contributed by atoms with Crippen LogP contribution in [0.4, 0.5) is 0 Å². The number of fused-ring (bicyclic) bond motifs is 2. The maximum Gasteiger partial charge on any atom is 0.319 e. The van der Waals surface area contributed by atoms with Crippen molar-refractivity contribution >= 4 is 5.97 Å². The molecule has 2 heterocycles. The van der Waals surface area contributed by atoms with Crippen LogP contribution in [0, 0.1) is 0 Å². The van der Waals surface area contributed by atoms with Gasteiger partial charge in [0.25, 0.3) is 0 Å². The quantitative estimate of drug-likeness (QED) is 0.708.